The van der Waals surface area contributed by atoms with Crippen LogP contribution in [0.1, 0.15) is 25.3 Å². The maximum Gasteiger partial charge on any atom is 0.294 e. The van der Waals surface area contributed by atoms with E-state index in [2.05, 4.69) is 5.32 Å². The Bertz CT molecular complexity index is 1230. The summed E-state index contributed by atoms with van der Waals surface area (Å²) in [6, 6.07) is 11.5. The summed E-state index contributed by atoms with van der Waals surface area (Å²) in [6.07, 6.45) is 3.57. The van der Waals surface area contributed by atoms with Gasteiger partial charge in [0, 0.05) is 23.8 Å². The second-order valence-electron chi connectivity index (χ2n) is 8.34. The van der Waals surface area contributed by atoms with Gasteiger partial charge in [-0.15, -0.1) is 0 Å². The zero-order valence-corrected chi connectivity index (χ0v) is 21.8. The molecule has 2 saturated heterocycles. The highest BCUT2D eigenvalue weighted by molar-refractivity contribution is 8.18. The van der Waals surface area contributed by atoms with Crippen molar-refractivity contribution >= 4 is 58.1 Å². The number of imide groups is 1. The highest BCUT2D eigenvalue weighted by atomic mass is 35.5. The number of nitrogens with zero attached hydrogens (tertiary/aromatic N) is 2. The van der Waals surface area contributed by atoms with E-state index in [-0.39, 0.29) is 17.4 Å². The molecule has 0 bridgehead atoms. The maximum absolute atomic E-state index is 12.9. The van der Waals surface area contributed by atoms with Crippen molar-refractivity contribution in [2.75, 3.05) is 38.2 Å². The number of rotatable bonds is 9. The van der Waals surface area contributed by atoms with Crippen LogP contribution >= 0.6 is 23.4 Å². The Morgan fingerprint density at radius 1 is 1.05 bits per heavy atom. The van der Waals surface area contributed by atoms with Crippen molar-refractivity contribution in [2.24, 2.45) is 0 Å². The fourth-order valence-electron chi connectivity index (χ4n) is 3.86. The molecule has 194 valence electrons. The van der Waals surface area contributed by atoms with Gasteiger partial charge in [0.15, 0.2) is 18.1 Å². The molecule has 0 aliphatic carbocycles. The van der Waals surface area contributed by atoms with Gasteiger partial charge in [-0.05, 0) is 79.6 Å². The Morgan fingerprint density at radius 2 is 1.78 bits per heavy atom. The Labute approximate surface area is 223 Å². The molecule has 11 heteroatoms. The summed E-state index contributed by atoms with van der Waals surface area (Å²) in [5, 5.41) is 2.63. The molecule has 0 unspecified atom stereocenters. The normalized spacial score (nSPS) is 16.4. The highest BCUT2D eigenvalue weighted by Crippen LogP contribution is 2.34. The summed E-state index contributed by atoms with van der Waals surface area (Å²) in [5.74, 6) is -0.298. The van der Waals surface area contributed by atoms with Gasteiger partial charge in [-0.1, -0.05) is 17.7 Å². The number of thioether (sulfide) groups is 1. The van der Waals surface area contributed by atoms with Crippen LogP contribution in [0.15, 0.2) is 47.4 Å². The Hall–Kier alpha value is -3.50. The fourth-order valence-corrected chi connectivity index (χ4v) is 4.83. The van der Waals surface area contributed by atoms with Crippen LogP contribution in [0.4, 0.5) is 10.5 Å². The van der Waals surface area contributed by atoms with Crippen LogP contribution in [0.5, 0.6) is 11.5 Å². The molecular formula is C26H26ClN3O6S. The summed E-state index contributed by atoms with van der Waals surface area (Å²) in [4.78, 5) is 52.9. The van der Waals surface area contributed by atoms with Gasteiger partial charge >= 0.3 is 0 Å². The molecule has 2 heterocycles. The zero-order chi connectivity index (χ0) is 26.4. The maximum atomic E-state index is 12.9. The Morgan fingerprint density at radius 3 is 2.49 bits per heavy atom. The number of hydrogen-bond acceptors (Lipinski definition) is 7. The van der Waals surface area contributed by atoms with E-state index in [4.69, 9.17) is 21.1 Å². The van der Waals surface area contributed by atoms with Gasteiger partial charge in [0.1, 0.15) is 6.54 Å². The highest BCUT2D eigenvalue weighted by Gasteiger charge is 2.36. The van der Waals surface area contributed by atoms with Crippen molar-refractivity contribution in [2.45, 2.75) is 19.8 Å². The van der Waals surface area contributed by atoms with Crippen LogP contribution in [0.2, 0.25) is 5.02 Å². The van der Waals surface area contributed by atoms with E-state index in [1.165, 1.54) is 0 Å². The van der Waals surface area contributed by atoms with E-state index in [0.717, 1.165) is 42.6 Å². The van der Waals surface area contributed by atoms with Gasteiger partial charge in [0.05, 0.1) is 11.5 Å². The van der Waals surface area contributed by atoms with Crippen LogP contribution < -0.4 is 14.8 Å². The van der Waals surface area contributed by atoms with E-state index < -0.39 is 23.6 Å². The van der Waals surface area contributed by atoms with Crippen molar-refractivity contribution in [3.63, 3.8) is 0 Å². The first-order valence-corrected chi connectivity index (χ1v) is 13.0. The third kappa shape index (κ3) is 6.84. The first kappa shape index (κ1) is 26.6. The zero-order valence-electron chi connectivity index (χ0n) is 20.2. The number of carbonyl (C=O) groups excluding carboxylic acids is 4. The van der Waals surface area contributed by atoms with E-state index in [0.29, 0.717) is 34.4 Å². The lowest BCUT2D eigenvalue weighted by Crippen LogP contribution is -2.36. The number of carbonyl (C=O) groups is 4. The topological polar surface area (TPSA) is 105 Å². The quantitative estimate of drug-likeness (QED) is 0.467. The van der Waals surface area contributed by atoms with Gasteiger partial charge in [-0.2, -0.15) is 0 Å². The molecule has 0 atom stereocenters. The molecule has 4 rings (SSSR count). The Balaban J connectivity index is 1.41. The SMILES string of the molecule is CCOc1cc(/C=C2\SC(=O)N(CC(=O)Nc3ccc(Cl)cc3)C2=O)ccc1OCC(=O)N1CCCC1. The molecule has 0 aromatic heterocycles. The van der Waals surface area contributed by atoms with E-state index >= 15 is 0 Å². The predicted molar refractivity (Wildman–Crippen MR) is 142 cm³/mol. The lowest BCUT2D eigenvalue weighted by atomic mass is 10.2. The second-order valence-corrected chi connectivity index (χ2v) is 9.77. The summed E-state index contributed by atoms with van der Waals surface area (Å²) < 4.78 is 11.4. The molecule has 0 radical (unpaired) electrons. The minimum Gasteiger partial charge on any atom is -0.490 e. The minimum atomic E-state index is -0.559. The van der Waals surface area contributed by atoms with Crippen LogP contribution in [-0.2, 0) is 14.4 Å². The molecule has 2 aliphatic heterocycles. The van der Waals surface area contributed by atoms with Crippen molar-refractivity contribution in [3.8, 4) is 11.5 Å². The number of amides is 4. The summed E-state index contributed by atoms with van der Waals surface area (Å²) in [5.41, 5.74) is 1.11. The molecule has 0 saturated carbocycles. The van der Waals surface area contributed by atoms with Gasteiger partial charge in [0.25, 0.3) is 17.1 Å². The summed E-state index contributed by atoms with van der Waals surface area (Å²) >= 11 is 6.60. The van der Waals surface area contributed by atoms with Gasteiger partial charge < -0.3 is 19.7 Å². The first-order valence-electron chi connectivity index (χ1n) is 11.8. The number of likely N-dealkylation sites (tertiary alicyclic amines) is 1. The lowest BCUT2D eigenvalue weighted by Gasteiger charge is -2.17. The summed E-state index contributed by atoms with van der Waals surface area (Å²) in [7, 11) is 0. The Kier molecular flexibility index (Phi) is 8.73. The fraction of sp³-hybridized carbons (Fsp3) is 0.308. The molecule has 2 fully saturated rings. The van der Waals surface area contributed by atoms with Crippen LogP contribution in [0.3, 0.4) is 0 Å². The van der Waals surface area contributed by atoms with E-state index in [1.54, 1.807) is 53.4 Å². The average molecular weight is 544 g/mol. The molecule has 2 aromatic carbocycles. The van der Waals surface area contributed by atoms with Gasteiger partial charge in [0.2, 0.25) is 5.91 Å². The number of ether oxygens (including phenoxy) is 2. The van der Waals surface area contributed by atoms with Gasteiger partial charge in [-0.25, -0.2) is 0 Å². The molecule has 1 N–H and O–H groups in total. The number of anilines is 1. The minimum absolute atomic E-state index is 0.0715. The predicted octanol–water partition coefficient (Wildman–Crippen LogP) is 4.41. The second kappa shape index (κ2) is 12.2. The molecule has 0 spiro atoms. The van der Waals surface area contributed by atoms with Crippen molar-refractivity contribution in [1.82, 2.24) is 9.80 Å². The lowest BCUT2D eigenvalue weighted by molar-refractivity contribution is -0.132. The van der Waals surface area contributed by atoms with Gasteiger partial charge in [-0.3, -0.25) is 24.1 Å². The van der Waals surface area contributed by atoms with Crippen molar-refractivity contribution in [1.29, 1.82) is 0 Å². The number of nitrogens with one attached hydrogen (secondary N) is 1. The third-order valence-electron chi connectivity index (χ3n) is 5.68. The van der Waals surface area contributed by atoms with Crippen LogP contribution in [0.25, 0.3) is 6.08 Å². The molecule has 2 aromatic rings. The number of halogens is 1. The monoisotopic (exact) mass is 543 g/mol. The standard InChI is InChI=1S/C26H26ClN3O6S/c1-2-35-21-13-17(5-10-20(21)36-16-24(32)29-11-3-4-12-29)14-22-25(33)30(26(34)37-22)15-23(31)28-19-8-6-18(27)7-9-19/h5-10,13-14H,2-4,11-12,15-16H2,1H3,(H,28,31)/b22-14-. The molecule has 9 nitrogen and oxygen atoms in total. The third-order valence-corrected chi connectivity index (χ3v) is 6.84. The number of benzene rings is 2. The van der Waals surface area contributed by atoms with E-state index in [9.17, 15) is 19.2 Å². The molecule has 37 heavy (non-hydrogen) atoms. The van der Waals surface area contributed by atoms with Crippen molar-refractivity contribution in [3.05, 3.63) is 58.0 Å². The van der Waals surface area contributed by atoms with E-state index in [1.807, 2.05) is 6.92 Å². The van der Waals surface area contributed by atoms with Crippen LogP contribution in [-0.4, -0.2) is 65.6 Å². The van der Waals surface area contributed by atoms with Crippen LogP contribution in [0, 0.1) is 0 Å². The van der Waals surface area contributed by atoms with Crippen molar-refractivity contribution < 1.29 is 28.7 Å². The number of hydrogen-bond donors (Lipinski definition) is 1. The molecular weight excluding hydrogens is 518 g/mol. The molecule has 4 amide bonds. The smallest absolute Gasteiger partial charge is 0.294 e. The first-order chi connectivity index (χ1) is 17.8. The molecule has 2 aliphatic rings. The summed E-state index contributed by atoms with van der Waals surface area (Å²) in [6.45, 7) is 3.20. The largest absolute Gasteiger partial charge is 0.490 e. The average Bonchev–Trinajstić information content (AvgIpc) is 3.50.